The summed E-state index contributed by atoms with van der Waals surface area (Å²) in [5.74, 6) is 0.369. The number of carbonyl (C=O) groups is 2. The lowest BCUT2D eigenvalue weighted by Gasteiger charge is -2.30. The molecule has 2 aliphatic rings. The predicted molar refractivity (Wildman–Crippen MR) is 119 cm³/mol. The van der Waals surface area contributed by atoms with Crippen molar-refractivity contribution in [2.24, 2.45) is 0 Å². The summed E-state index contributed by atoms with van der Waals surface area (Å²) in [4.78, 5) is 29.9. The van der Waals surface area contributed by atoms with Crippen molar-refractivity contribution >= 4 is 28.3 Å². The standard InChI is InChI=1S/C24H32N4O2/c29-23(25-22-10-9-20-7-3-4-8-21(20)17-22)18-26-13-15-27(16-14-26)19-24(30)28-11-5-1-2-6-12-28/h3-4,7-10,17H,1-2,5-6,11-16,18-19H2,(H,25,29)/p+2. The Morgan fingerprint density at radius 1 is 0.800 bits per heavy atom. The monoisotopic (exact) mass is 410 g/mol. The van der Waals surface area contributed by atoms with Crippen molar-refractivity contribution in [3.8, 4) is 0 Å². The molecule has 0 saturated carbocycles. The number of anilines is 1. The topological polar surface area (TPSA) is 58.3 Å². The zero-order chi connectivity index (χ0) is 20.8. The fourth-order valence-corrected chi connectivity index (χ4v) is 4.66. The van der Waals surface area contributed by atoms with Crippen LogP contribution in [-0.4, -0.2) is 69.1 Å². The number of hydrogen-bond acceptors (Lipinski definition) is 2. The number of piperazine rings is 1. The van der Waals surface area contributed by atoms with Crippen molar-refractivity contribution in [3.63, 3.8) is 0 Å². The number of rotatable bonds is 5. The van der Waals surface area contributed by atoms with Crippen molar-refractivity contribution in [2.75, 3.05) is 57.7 Å². The van der Waals surface area contributed by atoms with E-state index in [2.05, 4.69) is 22.3 Å². The maximum absolute atomic E-state index is 12.6. The molecule has 160 valence electrons. The Balaban J connectivity index is 1.21. The summed E-state index contributed by atoms with van der Waals surface area (Å²) in [6, 6.07) is 14.2. The van der Waals surface area contributed by atoms with Gasteiger partial charge in [0.05, 0.1) is 0 Å². The highest BCUT2D eigenvalue weighted by atomic mass is 16.2. The van der Waals surface area contributed by atoms with Gasteiger partial charge in [0.15, 0.2) is 13.1 Å². The smallest absolute Gasteiger partial charge is 0.279 e. The van der Waals surface area contributed by atoms with Crippen LogP contribution >= 0.6 is 0 Å². The van der Waals surface area contributed by atoms with E-state index in [0.717, 1.165) is 63.2 Å². The Morgan fingerprint density at radius 3 is 2.13 bits per heavy atom. The summed E-state index contributed by atoms with van der Waals surface area (Å²) < 4.78 is 0. The Kier molecular flexibility index (Phi) is 6.97. The molecule has 2 heterocycles. The molecule has 0 spiro atoms. The molecule has 6 heteroatoms. The molecule has 6 nitrogen and oxygen atoms in total. The van der Waals surface area contributed by atoms with Gasteiger partial charge in [0.2, 0.25) is 0 Å². The summed E-state index contributed by atoms with van der Waals surface area (Å²) in [5, 5.41) is 5.36. The van der Waals surface area contributed by atoms with E-state index in [1.165, 1.54) is 28.0 Å². The van der Waals surface area contributed by atoms with Crippen LogP contribution in [0, 0.1) is 0 Å². The SMILES string of the molecule is O=C(C[NH+]1CC[NH+](CC(=O)N2CCCCCC2)CC1)Nc1ccc2ccccc2c1. The van der Waals surface area contributed by atoms with Crippen molar-refractivity contribution in [1.29, 1.82) is 0 Å². The van der Waals surface area contributed by atoms with Gasteiger partial charge in [0.25, 0.3) is 11.8 Å². The lowest BCUT2D eigenvalue weighted by atomic mass is 10.1. The lowest BCUT2D eigenvalue weighted by Crippen LogP contribution is -3.28. The van der Waals surface area contributed by atoms with Crippen LogP contribution in [0.3, 0.4) is 0 Å². The Hall–Kier alpha value is -2.44. The highest BCUT2D eigenvalue weighted by Crippen LogP contribution is 2.18. The van der Waals surface area contributed by atoms with Crippen LogP contribution in [0.15, 0.2) is 42.5 Å². The molecule has 0 unspecified atom stereocenters. The van der Waals surface area contributed by atoms with Crippen LogP contribution in [0.2, 0.25) is 0 Å². The minimum absolute atomic E-state index is 0.0596. The minimum Gasteiger partial charge on any atom is -0.338 e. The number of carbonyl (C=O) groups excluding carboxylic acids is 2. The van der Waals surface area contributed by atoms with Crippen molar-refractivity contribution < 1.29 is 19.4 Å². The average Bonchev–Trinajstić information content (AvgIpc) is 3.05. The summed E-state index contributed by atoms with van der Waals surface area (Å²) in [7, 11) is 0. The number of nitrogens with zero attached hydrogens (tertiary/aromatic N) is 1. The van der Waals surface area contributed by atoms with Crippen LogP contribution in [0.25, 0.3) is 10.8 Å². The summed E-state index contributed by atoms with van der Waals surface area (Å²) in [5.41, 5.74) is 0.852. The van der Waals surface area contributed by atoms with E-state index < -0.39 is 0 Å². The lowest BCUT2D eigenvalue weighted by molar-refractivity contribution is -1.00. The molecule has 0 aliphatic carbocycles. The van der Waals surface area contributed by atoms with Crippen LogP contribution in [-0.2, 0) is 9.59 Å². The molecule has 30 heavy (non-hydrogen) atoms. The second-order valence-electron chi connectivity index (χ2n) is 8.76. The molecule has 4 rings (SSSR count). The zero-order valence-corrected chi connectivity index (χ0v) is 17.8. The first kappa shape index (κ1) is 20.8. The van der Waals surface area contributed by atoms with Gasteiger partial charge in [0, 0.05) is 18.8 Å². The van der Waals surface area contributed by atoms with E-state index in [1.807, 2.05) is 30.3 Å². The molecule has 0 radical (unpaired) electrons. The van der Waals surface area contributed by atoms with E-state index in [0.29, 0.717) is 19.0 Å². The number of amides is 2. The van der Waals surface area contributed by atoms with Crippen LogP contribution < -0.4 is 15.1 Å². The second kappa shape index (κ2) is 10.0. The van der Waals surface area contributed by atoms with Crippen LogP contribution in [0.5, 0.6) is 0 Å². The number of hydrogen-bond donors (Lipinski definition) is 3. The van der Waals surface area contributed by atoms with Crippen molar-refractivity contribution in [3.05, 3.63) is 42.5 Å². The predicted octanol–water partition coefficient (Wildman–Crippen LogP) is -0.0357. The van der Waals surface area contributed by atoms with E-state index >= 15 is 0 Å². The first-order valence-corrected chi connectivity index (χ1v) is 11.4. The molecule has 3 N–H and O–H groups in total. The summed E-state index contributed by atoms with van der Waals surface area (Å²) >= 11 is 0. The molecule has 0 bridgehead atoms. The second-order valence-corrected chi connectivity index (χ2v) is 8.76. The highest BCUT2D eigenvalue weighted by Gasteiger charge is 2.28. The number of fused-ring (bicyclic) bond motifs is 1. The third-order valence-electron chi connectivity index (χ3n) is 6.47. The third kappa shape index (κ3) is 5.58. The number of benzene rings is 2. The van der Waals surface area contributed by atoms with E-state index in [4.69, 9.17) is 0 Å². The number of likely N-dealkylation sites (tertiary alicyclic amines) is 1. The summed E-state index contributed by atoms with van der Waals surface area (Å²) in [6.45, 7) is 6.74. The van der Waals surface area contributed by atoms with Crippen LogP contribution in [0.4, 0.5) is 5.69 Å². The van der Waals surface area contributed by atoms with Crippen LogP contribution in [0.1, 0.15) is 25.7 Å². The molecular weight excluding hydrogens is 376 g/mol. The molecule has 2 amide bonds. The van der Waals surface area contributed by atoms with Gasteiger partial charge in [0.1, 0.15) is 26.2 Å². The van der Waals surface area contributed by atoms with Gasteiger partial charge in [-0.2, -0.15) is 0 Å². The van der Waals surface area contributed by atoms with Gasteiger partial charge in [-0.25, -0.2) is 0 Å². The molecule has 2 saturated heterocycles. The first-order valence-electron chi connectivity index (χ1n) is 11.4. The molecule has 0 aromatic heterocycles. The Morgan fingerprint density at radius 2 is 1.43 bits per heavy atom. The zero-order valence-electron chi connectivity index (χ0n) is 17.8. The molecule has 2 aromatic carbocycles. The maximum Gasteiger partial charge on any atom is 0.279 e. The van der Waals surface area contributed by atoms with Crippen molar-refractivity contribution in [1.82, 2.24) is 4.90 Å². The van der Waals surface area contributed by atoms with Gasteiger partial charge >= 0.3 is 0 Å². The van der Waals surface area contributed by atoms with Gasteiger partial charge in [-0.15, -0.1) is 0 Å². The molecule has 2 aromatic rings. The van der Waals surface area contributed by atoms with Crippen molar-refractivity contribution in [2.45, 2.75) is 25.7 Å². The Labute approximate surface area is 178 Å². The van der Waals surface area contributed by atoms with Gasteiger partial charge in [-0.3, -0.25) is 9.59 Å². The normalized spacial score (nSPS) is 22.5. The summed E-state index contributed by atoms with van der Waals surface area (Å²) in [6.07, 6.45) is 4.79. The van der Waals surface area contributed by atoms with Gasteiger partial charge < -0.3 is 20.0 Å². The van der Waals surface area contributed by atoms with Gasteiger partial charge in [-0.05, 0) is 35.7 Å². The Bertz CT molecular complexity index is 868. The third-order valence-corrected chi connectivity index (χ3v) is 6.47. The maximum atomic E-state index is 12.6. The molecular formula is C24H34N4O2+2. The number of quaternary nitrogens is 2. The fraction of sp³-hybridized carbons (Fsp3) is 0.500. The largest absolute Gasteiger partial charge is 0.338 e. The fourth-order valence-electron chi connectivity index (χ4n) is 4.66. The van der Waals surface area contributed by atoms with E-state index in [-0.39, 0.29) is 5.91 Å². The molecule has 0 atom stereocenters. The quantitative estimate of drug-likeness (QED) is 0.648. The average molecular weight is 411 g/mol. The number of nitrogens with one attached hydrogen (secondary N) is 3. The van der Waals surface area contributed by atoms with E-state index in [1.54, 1.807) is 0 Å². The van der Waals surface area contributed by atoms with Gasteiger partial charge in [-0.1, -0.05) is 43.2 Å². The molecule has 2 fully saturated rings. The minimum atomic E-state index is 0.0596. The molecule has 2 aliphatic heterocycles. The highest BCUT2D eigenvalue weighted by molar-refractivity contribution is 5.94. The van der Waals surface area contributed by atoms with E-state index in [9.17, 15) is 9.59 Å². The first-order chi connectivity index (χ1) is 14.7.